The Balaban J connectivity index is 1.53. The van der Waals surface area contributed by atoms with Gasteiger partial charge in [0.15, 0.2) is 0 Å². The Kier molecular flexibility index (Phi) is 4.61. The third-order valence-electron chi connectivity index (χ3n) is 4.64. The normalized spacial score (nSPS) is 22.9. The van der Waals surface area contributed by atoms with E-state index >= 15 is 0 Å². The highest BCUT2D eigenvalue weighted by Crippen LogP contribution is 2.34. The fourth-order valence-electron chi connectivity index (χ4n) is 3.04. The number of anilines is 1. The summed E-state index contributed by atoms with van der Waals surface area (Å²) in [5.41, 5.74) is 0.235. The van der Waals surface area contributed by atoms with Crippen molar-refractivity contribution in [2.45, 2.75) is 44.7 Å². The van der Waals surface area contributed by atoms with Gasteiger partial charge in [-0.05, 0) is 38.5 Å². The van der Waals surface area contributed by atoms with Gasteiger partial charge in [0.1, 0.15) is 11.9 Å². The fourth-order valence-corrected chi connectivity index (χ4v) is 3.04. The minimum Gasteiger partial charge on any atom is -0.480 e. The highest BCUT2D eigenvalue weighted by Gasteiger charge is 2.37. The third-order valence-corrected chi connectivity index (χ3v) is 4.64. The molecule has 24 heavy (non-hydrogen) atoms. The molecule has 3 rings (SSSR count). The van der Waals surface area contributed by atoms with Crippen molar-refractivity contribution in [2.75, 3.05) is 18.4 Å². The number of hydrogen-bond donors (Lipinski definition) is 2. The second kappa shape index (κ2) is 6.68. The molecule has 2 saturated carbocycles. The molecule has 130 valence electrons. The molecule has 2 N–H and O–H groups in total. The first kappa shape index (κ1) is 16.6. The number of aliphatic carboxylic acids is 1. The molecule has 0 aliphatic heterocycles. The Hall–Kier alpha value is -2.29. The molecule has 0 amide bonds. The van der Waals surface area contributed by atoms with Crippen LogP contribution >= 0.6 is 0 Å². The molecule has 9 nitrogen and oxygen atoms in total. The first-order valence-electron chi connectivity index (χ1n) is 8.12. The number of carboxylic acid groups (broad SMARTS) is 1. The van der Waals surface area contributed by atoms with Gasteiger partial charge in [0.05, 0.1) is 11.5 Å². The van der Waals surface area contributed by atoms with Crippen molar-refractivity contribution in [1.29, 1.82) is 0 Å². The molecule has 0 spiro atoms. The zero-order chi connectivity index (χ0) is 17.3. The van der Waals surface area contributed by atoms with Crippen molar-refractivity contribution in [2.24, 2.45) is 5.92 Å². The van der Waals surface area contributed by atoms with E-state index in [0.29, 0.717) is 17.6 Å². The largest absolute Gasteiger partial charge is 0.480 e. The van der Waals surface area contributed by atoms with E-state index in [9.17, 15) is 14.9 Å². The van der Waals surface area contributed by atoms with Gasteiger partial charge in [-0.25, -0.2) is 9.97 Å². The molecule has 0 unspecified atom stereocenters. The molecule has 0 aromatic carbocycles. The third kappa shape index (κ3) is 3.97. The van der Waals surface area contributed by atoms with Crippen molar-refractivity contribution in [1.82, 2.24) is 14.9 Å². The number of nitro groups is 1. The van der Waals surface area contributed by atoms with Crippen molar-refractivity contribution < 1.29 is 14.8 Å². The smallest absolute Gasteiger partial charge is 0.317 e. The van der Waals surface area contributed by atoms with Crippen LogP contribution in [0.25, 0.3) is 0 Å². The van der Waals surface area contributed by atoms with Crippen LogP contribution in [0.2, 0.25) is 0 Å². The summed E-state index contributed by atoms with van der Waals surface area (Å²) in [6.45, 7) is 2.52. The minimum atomic E-state index is -0.790. The average Bonchev–Trinajstić information content (AvgIpc) is 3.24. The Morgan fingerprint density at radius 1 is 1.50 bits per heavy atom. The number of aryl methyl sites for hydroxylation is 1. The summed E-state index contributed by atoms with van der Waals surface area (Å²) >= 11 is 0. The molecule has 0 atom stereocenters. The number of nitrogens with zero attached hydrogens (tertiary/aromatic N) is 4. The predicted octanol–water partition coefficient (Wildman–Crippen LogP) is 1.43. The van der Waals surface area contributed by atoms with E-state index in [1.807, 2.05) is 0 Å². The Morgan fingerprint density at radius 2 is 2.21 bits per heavy atom. The number of aromatic nitrogens is 2. The second-order valence-electron chi connectivity index (χ2n) is 6.65. The van der Waals surface area contributed by atoms with Crippen molar-refractivity contribution in [3.63, 3.8) is 0 Å². The summed E-state index contributed by atoms with van der Waals surface area (Å²) < 4.78 is 0. The van der Waals surface area contributed by atoms with Gasteiger partial charge in [-0.1, -0.05) is 0 Å². The maximum atomic E-state index is 11.0. The molecular weight excluding hydrogens is 314 g/mol. The molecule has 9 heteroatoms. The highest BCUT2D eigenvalue weighted by molar-refractivity contribution is 5.69. The fraction of sp³-hybridized carbons (Fsp3) is 0.667. The first-order chi connectivity index (χ1) is 11.4. The monoisotopic (exact) mass is 335 g/mol. The molecule has 1 heterocycles. The number of carbonyl (C=O) groups is 1. The standard InChI is InChI=1S/C15H21N5O4/c1-9-13(20(23)24)6-16-15(17-9)18-11-4-12(5-11)19(8-14(21)22)7-10-2-3-10/h6,10-12H,2-5,7-8H2,1H3,(H,21,22)(H,16,17,18). The Bertz CT molecular complexity index is 643. The molecular formula is C15H21N5O4. The van der Waals surface area contributed by atoms with E-state index in [1.54, 1.807) is 6.92 Å². The molecule has 1 aromatic heterocycles. The summed E-state index contributed by atoms with van der Waals surface area (Å²) in [5, 5.41) is 23.0. The van der Waals surface area contributed by atoms with Crippen LogP contribution in [0.1, 0.15) is 31.4 Å². The molecule has 0 bridgehead atoms. The van der Waals surface area contributed by atoms with Gasteiger partial charge in [-0.15, -0.1) is 0 Å². The number of carboxylic acids is 1. The molecule has 2 fully saturated rings. The highest BCUT2D eigenvalue weighted by atomic mass is 16.6. The maximum Gasteiger partial charge on any atom is 0.317 e. The number of rotatable bonds is 8. The van der Waals surface area contributed by atoms with Gasteiger partial charge in [-0.2, -0.15) is 0 Å². The predicted molar refractivity (Wildman–Crippen MR) is 85.8 cm³/mol. The van der Waals surface area contributed by atoms with E-state index in [-0.39, 0.29) is 24.3 Å². The lowest BCUT2D eigenvalue weighted by Crippen LogP contribution is -2.52. The van der Waals surface area contributed by atoms with Gasteiger partial charge in [0.2, 0.25) is 5.95 Å². The van der Waals surface area contributed by atoms with Crippen LogP contribution in [-0.4, -0.2) is 56.0 Å². The van der Waals surface area contributed by atoms with Gasteiger partial charge in [0.25, 0.3) is 0 Å². The molecule has 2 aliphatic rings. The van der Waals surface area contributed by atoms with Gasteiger partial charge in [-0.3, -0.25) is 19.8 Å². The van der Waals surface area contributed by atoms with Crippen LogP contribution in [0, 0.1) is 23.0 Å². The van der Waals surface area contributed by atoms with E-state index in [0.717, 1.165) is 19.4 Å². The zero-order valence-corrected chi connectivity index (χ0v) is 13.5. The SMILES string of the molecule is Cc1nc(NC2CC(N(CC(=O)O)CC3CC3)C2)ncc1[N+](=O)[O-]. The van der Waals surface area contributed by atoms with Crippen molar-refractivity contribution >= 4 is 17.6 Å². The molecule has 1 aromatic rings. The van der Waals surface area contributed by atoms with Crippen LogP contribution in [-0.2, 0) is 4.79 Å². The van der Waals surface area contributed by atoms with Crippen LogP contribution < -0.4 is 5.32 Å². The maximum absolute atomic E-state index is 11.0. The van der Waals surface area contributed by atoms with Crippen molar-refractivity contribution in [3.05, 3.63) is 22.0 Å². The Labute approximate surface area is 139 Å². The van der Waals surface area contributed by atoms with Gasteiger partial charge < -0.3 is 10.4 Å². The number of nitrogens with one attached hydrogen (secondary N) is 1. The number of hydrogen-bond acceptors (Lipinski definition) is 7. The Morgan fingerprint density at radius 3 is 2.75 bits per heavy atom. The minimum absolute atomic E-state index is 0.0844. The summed E-state index contributed by atoms with van der Waals surface area (Å²) in [4.78, 5) is 31.5. The van der Waals surface area contributed by atoms with Crippen LogP contribution in [0.4, 0.5) is 11.6 Å². The van der Waals surface area contributed by atoms with Crippen LogP contribution in [0.5, 0.6) is 0 Å². The lowest BCUT2D eigenvalue weighted by atomic mass is 9.85. The van der Waals surface area contributed by atoms with Crippen LogP contribution in [0.15, 0.2) is 6.20 Å². The van der Waals surface area contributed by atoms with Crippen LogP contribution in [0.3, 0.4) is 0 Å². The molecule has 2 aliphatic carbocycles. The van der Waals surface area contributed by atoms with Gasteiger partial charge >= 0.3 is 11.7 Å². The first-order valence-corrected chi connectivity index (χ1v) is 8.12. The summed E-state index contributed by atoms with van der Waals surface area (Å²) in [6.07, 6.45) is 5.27. The quantitative estimate of drug-likeness (QED) is 0.540. The van der Waals surface area contributed by atoms with E-state index in [2.05, 4.69) is 20.2 Å². The summed E-state index contributed by atoms with van der Waals surface area (Å²) in [6, 6.07) is 0.435. The molecule has 0 saturated heterocycles. The van der Waals surface area contributed by atoms with Gasteiger partial charge in [0, 0.05) is 18.6 Å². The molecule has 0 radical (unpaired) electrons. The van der Waals surface area contributed by atoms with E-state index < -0.39 is 10.9 Å². The average molecular weight is 335 g/mol. The lowest BCUT2D eigenvalue weighted by Gasteiger charge is -2.42. The topological polar surface area (TPSA) is 121 Å². The summed E-state index contributed by atoms with van der Waals surface area (Å²) in [5.74, 6) is 0.243. The second-order valence-corrected chi connectivity index (χ2v) is 6.65. The van der Waals surface area contributed by atoms with Crippen molar-refractivity contribution in [3.8, 4) is 0 Å². The van der Waals surface area contributed by atoms with E-state index in [1.165, 1.54) is 19.0 Å². The zero-order valence-electron chi connectivity index (χ0n) is 13.5. The van der Waals surface area contributed by atoms with E-state index in [4.69, 9.17) is 5.11 Å². The summed E-state index contributed by atoms with van der Waals surface area (Å²) in [7, 11) is 0. The lowest BCUT2D eigenvalue weighted by molar-refractivity contribution is -0.386.